The highest BCUT2D eigenvalue weighted by atomic mass is 32.2. The van der Waals surface area contributed by atoms with Gasteiger partial charge in [-0.15, -0.1) is 0 Å². The maximum Gasteiger partial charge on any atom is 0.251 e. The topological polar surface area (TPSA) is 64.7 Å². The van der Waals surface area contributed by atoms with Crippen molar-refractivity contribution in [2.45, 2.75) is 12.5 Å². The van der Waals surface area contributed by atoms with Crippen molar-refractivity contribution in [1.29, 1.82) is 0 Å². The summed E-state index contributed by atoms with van der Waals surface area (Å²) in [5, 5.41) is 5.83. The van der Waals surface area contributed by atoms with Crippen molar-refractivity contribution in [2.24, 2.45) is 0 Å². The molecule has 0 radical (unpaired) electrons. The minimum atomic E-state index is -0.581. The van der Waals surface area contributed by atoms with Crippen molar-refractivity contribution in [3.8, 4) is 0 Å². The van der Waals surface area contributed by atoms with E-state index in [4.69, 9.17) is 0 Å². The van der Waals surface area contributed by atoms with Crippen LogP contribution in [0.1, 0.15) is 16.8 Å². The monoisotopic (exact) mass is 426 g/mol. The smallest absolute Gasteiger partial charge is 0.251 e. The molecule has 2 aromatic carbocycles. The van der Waals surface area contributed by atoms with Crippen molar-refractivity contribution in [1.82, 2.24) is 10.2 Å². The molecular formula is C23H30N4O2S. The number of piperazine rings is 1. The number of rotatable bonds is 8. The molecule has 1 unspecified atom stereocenters. The van der Waals surface area contributed by atoms with E-state index in [0.717, 1.165) is 43.3 Å². The fourth-order valence-corrected chi connectivity index (χ4v) is 3.86. The highest BCUT2D eigenvalue weighted by Crippen LogP contribution is 2.19. The predicted molar refractivity (Wildman–Crippen MR) is 125 cm³/mol. The number of carbonyl (C=O) groups excluding carboxylic acids is 2. The Morgan fingerprint density at radius 2 is 1.67 bits per heavy atom. The second kappa shape index (κ2) is 11.0. The molecule has 0 aromatic heterocycles. The number of anilines is 2. The zero-order chi connectivity index (χ0) is 21.3. The van der Waals surface area contributed by atoms with Gasteiger partial charge < -0.3 is 20.4 Å². The van der Waals surface area contributed by atoms with Gasteiger partial charge in [0.25, 0.3) is 5.91 Å². The summed E-state index contributed by atoms with van der Waals surface area (Å²) in [4.78, 5) is 30.0. The molecule has 7 heteroatoms. The highest BCUT2D eigenvalue weighted by Gasteiger charge is 2.21. The van der Waals surface area contributed by atoms with Gasteiger partial charge in [0, 0.05) is 43.1 Å². The average molecular weight is 427 g/mol. The molecule has 6 nitrogen and oxygen atoms in total. The molecule has 1 aliphatic heterocycles. The molecule has 2 aromatic rings. The van der Waals surface area contributed by atoms with Gasteiger partial charge in [-0.3, -0.25) is 9.59 Å². The maximum absolute atomic E-state index is 12.9. The van der Waals surface area contributed by atoms with E-state index in [1.807, 2.05) is 48.7 Å². The molecule has 1 atom stereocenters. The van der Waals surface area contributed by atoms with Crippen LogP contribution in [0.15, 0.2) is 54.6 Å². The molecule has 0 aliphatic carbocycles. The number of amides is 2. The molecule has 2 N–H and O–H groups in total. The number of likely N-dealkylation sites (N-methyl/N-ethyl adjacent to an activating group) is 1. The second-order valence-corrected chi connectivity index (χ2v) is 8.49. The number of nitrogens with zero attached hydrogens (tertiary/aromatic N) is 2. The van der Waals surface area contributed by atoms with Crippen molar-refractivity contribution < 1.29 is 9.59 Å². The largest absolute Gasteiger partial charge is 0.369 e. The number of benzene rings is 2. The van der Waals surface area contributed by atoms with Crippen LogP contribution in [0.3, 0.4) is 0 Å². The van der Waals surface area contributed by atoms with Gasteiger partial charge in [0.15, 0.2) is 0 Å². The van der Waals surface area contributed by atoms with Crippen LogP contribution in [0.5, 0.6) is 0 Å². The van der Waals surface area contributed by atoms with Crippen LogP contribution in [0, 0.1) is 0 Å². The zero-order valence-corrected chi connectivity index (χ0v) is 18.5. The van der Waals surface area contributed by atoms with E-state index in [0.29, 0.717) is 12.0 Å². The van der Waals surface area contributed by atoms with E-state index < -0.39 is 6.04 Å². The lowest BCUT2D eigenvalue weighted by Crippen LogP contribution is -2.44. The van der Waals surface area contributed by atoms with Gasteiger partial charge in [-0.05, 0) is 61.9 Å². The van der Waals surface area contributed by atoms with Crippen molar-refractivity contribution in [3.05, 3.63) is 60.2 Å². The Labute approximate surface area is 183 Å². The Bertz CT molecular complexity index is 821. The summed E-state index contributed by atoms with van der Waals surface area (Å²) in [7, 11) is 2.14. The molecular weight excluding hydrogens is 396 g/mol. The van der Waals surface area contributed by atoms with Crippen LogP contribution in [-0.4, -0.2) is 68.0 Å². The first-order chi connectivity index (χ1) is 14.6. The lowest BCUT2D eigenvalue weighted by Gasteiger charge is -2.34. The minimum absolute atomic E-state index is 0.194. The number of hydrogen-bond donors (Lipinski definition) is 2. The third kappa shape index (κ3) is 6.24. The summed E-state index contributed by atoms with van der Waals surface area (Å²) >= 11 is 1.65. The van der Waals surface area contributed by atoms with Crippen molar-refractivity contribution >= 4 is 35.0 Å². The highest BCUT2D eigenvalue weighted by molar-refractivity contribution is 7.98. The molecule has 30 heavy (non-hydrogen) atoms. The lowest BCUT2D eigenvalue weighted by molar-refractivity contribution is -0.118. The Kier molecular flexibility index (Phi) is 8.16. The third-order valence-corrected chi connectivity index (χ3v) is 5.92. The van der Waals surface area contributed by atoms with Gasteiger partial charge in [0.1, 0.15) is 6.04 Å². The summed E-state index contributed by atoms with van der Waals surface area (Å²) in [6, 6.07) is 16.3. The molecule has 2 amide bonds. The molecule has 1 saturated heterocycles. The van der Waals surface area contributed by atoms with Gasteiger partial charge in [-0.1, -0.05) is 18.2 Å². The van der Waals surface area contributed by atoms with E-state index >= 15 is 0 Å². The van der Waals surface area contributed by atoms with Gasteiger partial charge in [-0.2, -0.15) is 11.8 Å². The van der Waals surface area contributed by atoms with Crippen LogP contribution in [-0.2, 0) is 4.79 Å². The average Bonchev–Trinajstić information content (AvgIpc) is 2.78. The summed E-state index contributed by atoms with van der Waals surface area (Å²) in [5.41, 5.74) is 2.45. The first kappa shape index (κ1) is 22.2. The fraction of sp³-hybridized carbons (Fsp3) is 0.391. The van der Waals surface area contributed by atoms with E-state index in [1.54, 1.807) is 23.9 Å². The molecule has 160 valence electrons. The van der Waals surface area contributed by atoms with Crippen LogP contribution >= 0.6 is 11.8 Å². The van der Waals surface area contributed by atoms with Crippen molar-refractivity contribution in [2.75, 3.05) is 55.5 Å². The summed E-state index contributed by atoms with van der Waals surface area (Å²) in [6.07, 6.45) is 2.57. The fourth-order valence-electron chi connectivity index (χ4n) is 3.39. The van der Waals surface area contributed by atoms with Crippen LogP contribution in [0.4, 0.5) is 11.4 Å². The van der Waals surface area contributed by atoms with Gasteiger partial charge in [0.05, 0.1) is 0 Å². The molecule has 0 saturated carbocycles. The van der Waals surface area contributed by atoms with Crippen LogP contribution in [0.25, 0.3) is 0 Å². The van der Waals surface area contributed by atoms with Crippen molar-refractivity contribution in [3.63, 3.8) is 0 Å². The van der Waals surface area contributed by atoms with Gasteiger partial charge in [0.2, 0.25) is 5.91 Å². The Morgan fingerprint density at radius 3 is 2.30 bits per heavy atom. The second-order valence-electron chi connectivity index (χ2n) is 7.50. The number of carbonyl (C=O) groups is 2. The quantitative estimate of drug-likeness (QED) is 0.680. The van der Waals surface area contributed by atoms with E-state index in [-0.39, 0.29) is 11.8 Å². The number of hydrogen-bond acceptors (Lipinski definition) is 5. The minimum Gasteiger partial charge on any atom is -0.369 e. The maximum atomic E-state index is 12.9. The van der Waals surface area contributed by atoms with E-state index in [9.17, 15) is 9.59 Å². The first-order valence-electron chi connectivity index (χ1n) is 10.3. The standard InChI is InChI=1S/C23H30N4O2S/c1-26-13-15-27(16-14-26)20-10-8-19(9-11-20)24-23(29)21(12-17-30-2)25-22(28)18-6-4-3-5-7-18/h3-11,21H,12-17H2,1-2H3,(H,24,29)(H,25,28). The lowest BCUT2D eigenvalue weighted by atomic mass is 10.1. The normalized spacial score (nSPS) is 15.5. The molecule has 1 aliphatic rings. The van der Waals surface area contributed by atoms with Crippen LogP contribution < -0.4 is 15.5 Å². The summed E-state index contributed by atoms with van der Waals surface area (Å²) in [5.74, 6) is 0.359. The first-order valence-corrected chi connectivity index (χ1v) is 11.7. The molecule has 0 bridgehead atoms. The Morgan fingerprint density at radius 1 is 1.00 bits per heavy atom. The molecule has 1 heterocycles. The summed E-state index contributed by atoms with van der Waals surface area (Å²) in [6.45, 7) is 4.11. The molecule has 3 rings (SSSR count). The van der Waals surface area contributed by atoms with Crippen LogP contribution in [0.2, 0.25) is 0 Å². The summed E-state index contributed by atoms with van der Waals surface area (Å²) < 4.78 is 0. The van der Waals surface area contributed by atoms with Gasteiger partial charge >= 0.3 is 0 Å². The molecule has 1 fully saturated rings. The predicted octanol–water partition coefficient (Wildman–Crippen LogP) is 2.93. The van der Waals surface area contributed by atoms with E-state index in [2.05, 4.69) is 27.5 Å². The third-order valence-electron chi connectivity index (χ3n) is 5.27. The van der Waals surface area contributed by atoms with Gasteiger partial charge in [-0.25, -0.2) is 0 Å². The molecule has 0 spiro atoms. The SMILES string of the molecule is CSCCC(NC(=O)c1ccccc1)C(=O)Nc1ccc(N2CCN(C)CC2)cc1. The number of nitrogens with one attached hydrogen (secondary N) is 2. The van der Waals surface area contributed by atoms with E-state index in [1.165, 1.54) is 0 Å². The zero-order valence-electron chi connectivity index (χ0n) is 17.6. The Balaban J connectivity index is 1.61. The Hall–Kier alpha value is -2.51. The number of thioether (sulfide) groups is 1.